The van der Waals surface area contributed by atoms with Crippen LogP contribution in [0.1, 0.15) is 33.1 Å². The molecule has 1 aliphatic carbocycles. The first kappa shape index (κ1) is 9.24. The van der Waals surface area contributed by atoms with Crippen molar-refractivity contribution in [2.24, 2.45) is 4.99 Å². The molecule has 1 fully saturated rings. The Kier molecular flexibility index (Phi) is 3.27. The summed E-state index contributed by atoms with van der Waals surface area (Å²) in [4.78, 5) is 4.57. The molecule has 66 valence electrons. The zero-order chi connectivity index (χ0) is 8.97. The average Bonchev–Trinajstić information content (AvgIpc) is 1.97. The Labute approximate surface area is 74.9 Å². The van der Waals surface area contributed by atoms with Gasteiger partial charge in [-0.2, -0.15) is 0 Å². The summed E-state index contributed by atoms with van der Waals surface area (Å²) in [6.45, 7) is 7.98. The van der Waals surface area contributed by atoms with Gasteiger partial charge in [-0.15, -0.1) is 0 Å². The van der Waals surface area contributed by atoms with E-state index < -0.39 is 0 Å². The molecule has 0 bridgehead atoms. The van der Waals surface area contributed by atoms with E-state index in [-0.39, 0.29) is 0 Å². The van der Waals surface area contributed by atoms with Gasteiger partial charge in [0, 0.05) is 5.71 Å². The van der Waals surface area contributed by atoms with Gasteiger partial charge >= 0.3 is 0 Å². The fourth-order valence-corrected chi connectivity index (χ4v) is 1.19. The van der Waals surface area contributed by atoms with Gasteiger partial charge in [-0.25, -0.2) is 0 Å². The van der Waals surface area contributed by atoms with Crippen LogP contribution in [0.15, 0.2) is 29.3 Å². The van der Waals surface area contributed by atoms with Gasteiger partial charge in [-0.05, 0) is 38.7 Å². The largest absolute Gasteiger partial charge is 0.286 e. The number of nitrogens with zero attached hydrogens (tertiary/aromatic N) is 1. The maximum atomic E-state index is 4.57. The van der Waals surface area contributed by atoms with E-state index in [1.807, 2.05) is 26.0 Å². The molecular formula is C11H17N. The average molecular weight is 163 g/mol. The highest BCUT2D eigenvalue weighted by Gasteiger charge is 2.15. The Morgan fingerprint density at radius 2 is 2.17 bits per heavy atom. The van der Waals surface area contributed by atoms with Crippen LogP contribution < -0.4 is 0 Å². The van der Waals surface area contributed by atoms with Gasteiger partial charge in [0.1, 0.15) is 0 Å². The van der Waals surface area contributed by atoms with E-state index in [4.69, 9.17) is 0 Å². The van der Waals surface area contributed by atoms with Crippen LogP contribution in [0.5, 0.6) is 0 Å². The number of hydrogen-bond donors (Lipinski definition) is 0. The molecule has 0 unspecified atom stereocenters. The maximum absolute atomic E-state index is 4.57. The van der Waals surface area contributed by atoms with Crippen LogP contribution in [0.4, 0.5) is 0 Å². The van der Waals surface area contributed by atoms with Gasteiger partial charge in [0.2, 0.25) is 0 Å². The van der Waals surface area contributed by atoms with Crippen molar-refractivity contribution in [3.05, 3.63) is 24.3 Å². The third kappa shape index (κ3) is 2.33. The smallest absolute Gasteiger partial charge is 0.0503 e. The Hall–Kier alpha value is -0.850. The summed E-state index contributed by atoms with van der Waals surface area (Å²) >= 11 is 0. The maximum Gasteiger partial charge on any atom is 0.0503 e. The van der Waals surface area contributed by atoms with E-state index in [2.05, 4.69) is 11.6 Å². The summed E-state index contributed by atoms with van der Waals surface area (Å²) < 4.78 is 0. The Morgan fingerprint density at radius 1 is 1.50 bits per heavy atom. The molecule has 0 N–H and O–H groups in total. The quantitative estimate of drug-likeness (QED) is 0.447. The second-order valence-electron chi connectivity index (χ2n) is 3.32. The summed E-state index contributed by atoms with van der Waals surface area (Å²) in [6, 6.07) is 0.590. The van der Waals surface area contributed by atoms with Crippen molar-refractivity contribution in [3.8, 4) is 0 Å². The first-order valence-electron chi connectivity index (χ1n) is 4.60. The highest BCUT2D eigenvalue weighted by atomic mass is 14.8. The number of hydrogen-bond acceptors (Lipinski definition) is 1. The molecular weight excluding hydrogens is 146 g/mol. The first-order valence-corrected chi connectivity index (χ1v) is 4.60. The van der Waals surface area contributed by atoms with Crippen molar-refractivity contribution < 1.29 is 0 Å². The minimum absolute atomic E-state index is 0.590. The van der Waals surface area contributed by atoms with Crippen molar-refractivity contribution in [2.75, 3.05) is 0 Å². The summed E-state index contributed by atoms with van der Waals surface area (Å²) in [5, 5.41) is 0. The zero-order valence-corrected chi connectivity index (χ0v) is 8.01. The topological polar surface area (TPSA) is 12.4 Å². The van der Waals surface area contributed by atoms with E-state index in [0.29, 0.717) is 6.04 Å². The monoisotopic (exact) mass is 163 g/mol. The van der Waals surface area contributed by atoms with Crippen LogP contribution in [0.2, 0.25) is 0 Å². The Balaban J connectivity index is 2.49. The van der Waals surface area contributed by atoms with Crippen LogP contribution in [0.25, 0.3) is 0 Å². The minimum Gasteiger partial charge on any atom is -0.286 e. The Morgan fingerprint density at radius 3 is 2.58 bits per heavy atom. The normalized spacial score (nSPS) is 19.7. The molecule has 0 aromatic rings. The van der Waals surface area contributed by atoms with E-state index in [0.717, 1.165) is 11.3 Å². The number of allylic oxidation sites excluding steroid dienone is 3. The molecule has 0 aliphatic heterocycles. The standard InChI is InChI=1S/C11H17N/c1-4-6-9(2)10(3)12-11-7-5-8-11/h4,6,11H,2,5,7-8H2,1,3H3. The molecule has 0 amide bonds. The summed E-state index contributed by atoms with van der Waals surface area (Å²) in [5.41, 5.74) is 2.14. The highest BCUT2D eigenvalue weighted by molar-refractivity contribution is 6.00. The van der Waals surface area contributed by atoms with Crippen molar-refractivity contribution in [2.45, 2.75) is 39.2 Å². The highest BCUT2D eigenvalue weighted by Crippen LogP contribution is 2.22. The fourth-order valence-electron chi connectivity index (χ4n) is 1.19. The molecule has 1 heteroatoms. The van der Waals surface area contributed by atoms with Gasteiger partial charge < -0.3 is 0 Å². The van der Waals surface area contributed by atoms with Crippen molar-refractivity contribution >= 4 is 5.71 Å². The van der Waals surface area contributed by atoms with Crippen molar-refractivity contribution in [3.63, 3.8) is 0 Å². The van der Waals surface area contributed by atoms with Crippen LogP contribution in [0.3, 0.4) is 0 Å². The number of rotatable bonds is 3. The molecule has 0 heterocycles. The summed E-state index contributed by atoms with van der Waals surface area (Å²) in [5.74, 6) is 0. The zero-order valence-electron chi connectivity index (χ0n) is 8.01. The molecule has 0 saturated heterocycles. The molecule has 0 aromatic carbocycles. The van der Waals surface area contributed by atoms with E-state index in [9.17, 15) is 0 Å². The first-order chi connectivity index (χ1) is 5.74. The molecule has 1 nitrogen and oxygen atoms in total. The molecule has 12 heavy (non-hydrogen) atoms. The van der Waals surface area contributed by atoms with Crippen molar-refractivity contribution in [1.82, 2.24) is 0 Å². The van der Waals surface area contributed by atoms with E-state index >= 15 is 0 Å². The van der Waals surface area contributed by atoms with Crippen LogP contribution in [-0.4, -0.2) is 11.8 Å². The molecule has 0 spiro atoms. The number of aliphatic imine (C=N–C) groups is 1. The van der Waals surface area contributed by atoms with Gasteiger partial charge in [0.15, 0.2) is 0 Å². The lowest BCUT2D eigenvalue weighted by Gasteiger charge is -2.21. The van der Waals surface area contributed by atoms with Gasteiger partial charge in [-0.1, -0.05) is 18.7 Å². The predicted molar refractivity (Wildman–Crippen MR) is 54.7 cm³/mol. The van der Waals surface area contributed by atoms with Crippen LogP contribution >= 0.6 is 0 Å². The van der Waals surface area contributed by atoms with E-state index in [1.165, 1.54) is 19.3 Å². The van der Waals surface area contributed by atoms with Gasteiger partial charge in [0.25, 0.3) is 0 Å². The summed E-state index contributed by atoms with van der Waals surface area (Å²) in [7, 11) is 0. The lowest BCUT2D eigenvalue weighted by Crippen LogP contribution is -2.16. The van der Waals surface area contributed by atoms with E-state index in [1.54, 1.807) is 0 Å². The predicted octanol–water partition coefficient (Wildman–Crippen LogP) is 3.13. The summed E-state index contributed by atoms with van der Waals surface area (Å²) in [6.07, 6.45) is 7.89. The molecule has 1 aliphatic rings. The van der Waals surface area contributed by atoms with Crippen LogP contribution in [0, 0.1) is 0 Å². The third-order valence-corrected chi connectivity index (χ3v) is 2.28. The second kappa shape index (κ2) is 4.24. The van der Waals surface area contributed by atoms with Crippen molar-refractivity contribution in [1.29, 1.82) is 0 Å². The minimum atomic E-state index is 0.590. The molecule has 0 aromatic heterocycles. The molecule has 1 saturated carbocycles. The molecule has 0 radical (unpaired) electrons. The fraction of sp³-hybridized carbons (Fsp3) is 0.545. The van der Waals surface area contributed by atoms with Gasteiger partial charge in [0.05, 0.1) is 6.04 Å². The van der Waals surface area contributed by atoms with Gasteiger partial charge in [-0.3, -0.25) is 4.99 Å². The molecule has 1 rings (SSSR count). The SMILES string of the molecule is C=C(C=CC)C(C)=NC1CCC1. The van der Waals surface area contributed by atoms with Crippen LogP contribution in [-0.2, 0) is 0 Å². The lowest BCUT2D eigenvalue weighted by molar-refractivity contribution is 0.420. The lowest BCUT2D eigenvalue weighted by atomic mass is 9.93. The third-order valence-electron chi connectivity index (χ3n) is 2.28. The molecule has 0 atom stereocenters. The Bertz CT molecular complexity index is 219. The second-order valence-corrected chi connectivity index (χ2v) is 3.32.